The Bertz CT molecular complexity index is 996. The summed E-state index contributed by atoms with van der Waals surface area (Å²) in [6, 6.07) is 13.1. The topological polar surface area (TPSA) is 84.5 Å². The zero-order chi connectivity index (χ0) is 21.7. The van der Waals surface area contributed by atoms with Gasteiger partial charge in [0.05, 0.1) is 12.0 Å². The Morgan fingerprint density at radius 3 is 2.40 bits per heavy atom. The minimum Gasteiger partial charge on any atom is -0.496 e. The van der Waals surface area contributed by atoms with Gasteiger partial charge in [0, 0.05) is 30.3 Å². The summed E-state index contributed by atoms with van der Waals surface area (Å²) in [5.41, 5.74) is 2.54. The molecule has 162 valence electrons. The molecule has 1 amide bonds. The van der Waals surface area contributed by atoms with Crippen LogP contribution in [0.4, 0.5) is 0 Å². The van der Waals surface area contributed by atoms with Gasteiger partial charge < -0.3 is 15.4 Å². The summed E-state index contributed by atoms with van der Waals surface area (Å²) in [5.74, 6) is 0.823. The third-order valence-electron chi connectivity index (χ3n) is 5.84. The molecule has 7 heteroatoms. The van der Waals surface area contributed by atoms with Gasteiger partial charge in [0.25, 0.3) is 0 Å². The van der Waals surface area contributed by atoms with Gasteiger partial charge in [-0.25, -0.2) is 8.42 Å². The number of carbonyl (C=O) groups excluding carboxylic acids is 1. The van der Waals surface area contributed by atoms with Gasteiger partial charge >= 0.3 is 0 Å². The number of rotatable bonds is 7. The SMILES string of the molecule is CNC1CCC(C(=O)NCc2cc(-c3cccc(S(C)(=O)=O)c3)ccc2OC)CC1. The van der Waals surface area contributed by atoms with Crippen molar-refractivity contribution in [3.05, 3.63) is 48.0 Å². The van der Waals surface area contributed by atoms with E-state index >= 15 is 0 Å². The quantitative estimate of drug-likeness (QED) is 0.705. The van der Waals surface area contributed by atoms with Gasteiger partial charge in [-0.3, -0.25) is 4.79 Å². The monoisotopic (exact) mass is 430 g/mol. The normalized spacial score (nSPS) is 19.3. The molecule has 0 saturated heterocycles. The van der Waals surface area contributed by atoms with Crippen LogP contribution in [0.25, 0.3) is 11.1 Å². The lowest BCUT2D eigenvalue weighted by Crippen LogP contribution is -2.37. The molecule has 30 heavy (non-hydrogen) atoms. The Kier molecular flexibility index (Phi) is 7.15. The first kappa shape index (κ1) is 22.3. The number of hydrogen-bond acceptors (Lipinski definition) is 5. The number of amides is 1. The van der Waals surface area contributed by atoms with Crippen molar-refractivity contribution in [1.82, 2.24) is 10.6 Å². The fourth-order valence-corrected chi connectivity index (χ4v) is 4.64. The lowest BCUT2D eigenvalue weighted by Gasteiger charge is -2.27. The molecule has 2 aromatic rings. The summed E-state index contributed by atoms with van der Waals surface area (Å²) in [6.07, 6.45) is 5.03. The average Bonchev–Trinajstić information content (AvgIpc) is 2.76. The second-order valence-corrected chi connectivity index (χ2v) is 9.90. The van der Waals surface area contributed by atoms with Crippen LogP contribution in [0.3, 0.4) is 0 Å². The van der Waals surface area contributed by atoms with E-state index in [9.17, 15) is 13.2 Å². The molecule has 0 atom stereocenters. The molecule has 0 spiro atoms. The second kappa shape index (κ2) is 9.62. The Morgan fingerprint density at radius 1 is 1.07 bits per heavy atom. The van der Waals surface area contributed by atoms with Crippen molar-refractivity contribution in [3.63, 3.8) is 0 Å². The third-order valence-corrected chi connectivity index (χ3v) is 6.95. The molecule has 6 nitrogen and oxygen atoms in total. The number of carbonyl (C=O) groups is 1. The zero-order valence-corrected chi connectivity index (χ0v) is 18.6. The van der Waals surface area contributed by atoms with E-state index in [4.69, 9.17) is 4.74 Å². The molecule has 0 radical (unpaired) electrons. The maximum Gasteiger partial charge on any atom is 0.223 e. The molecular weight excluding hydrogens is 400 g/mol. The number of hydrogen-bond donors (Lipinski definition) is 2. The van der Waals surface area contributed by atoms with Gasteiger partial charge in [-0.1, -0.05) is 18.2 Å². The summed E-state index contributed by atoms with van der Waals surface area (Å²) in [4.78, 5) is 12.9. The largest absolute Gasteiger partial charge is 0.496 e. The van der Waals surface area contributed by atoms with Crippen molar-refractivity contribution in [3.8, 4) is 16.9 Å². The first-order valence-electron chi connectivity index (χ1n) is 10.2. The van der Waals surface area contributed by atoms with Gasteiger partial charge in [-0.2, -0.15) is 0 Å². The van der Waals surface area contributed by atoms with Crippen molar-refractivity contribution in [1.29, 1.82) is 0 Å². The van der Waals surface area contributed by atoms with Gasteiger partial charge in [-0.05, 0) is 68.1 Å². The standard InChI is InChI=1S/C23H30N2O4S/c1-24-20-10-7-16(8-11-20)23(26)25-15-19-13-18(9-12-22(19)29-2)17-5-4-6-21(14-17)30(3,27)28/h4-6,9,12-14,16,20,24H,7-8,10-11,15H2,1-3H3,(H,25,26). The third kappa shape index (κ3) is 5.40. The van der Waals surface area contributed by atoms with E-state index in [0.29, 0.717) is 18.3 Å². The summed E-state index contributed by atoms with van der Waals surface area (Å²) >= 11 is 0. The van der Waals surface area contributed by atoms with Crippen LogP contribution in [0, 0.1) is 5.92 Å². The highest BCUT2D eigenvalue weighted by Gasteiger charge is 2.25. The van der Waals surface area contributed by atoms with Crippen LogP contribution in [0.1, 0.15) is 31.2 Å². The predicted octanol–water partition coefficient (Wildman–Crippen LogP) is 3.16. The van der Waals surface area contributed by atoms with Crippen LogP contribution in [-0.2, 0) is 21.2 Å². The van der Waals surface area contributed by atoms with E-state index < -0.39 is 9.84 Å². The molecule has 2 N–H and O–H groups in total. The van der Waals surface area contributed by atoms with Crippen LogP contribution >= 0.6 is 0 Å². The zero-order valence-electron chi connectivity index (χ0n) is 17.8. The maximum atomic E-state index is 12.6. The molecule has 1 fully saturated rings. The van der Waals surface area contributed by atoms with E-state index in [0.717, 1.165) is 42.4 Å². The highest BCUT2D eigenvalue weighted by atomic mass is 32.2. The molecule has 0 heterocycles. The van der Waals surface area contributed by atoms with Crippen molar-refractivity contribution in [2.75, 3.05) is 20.4 Å². The van der Waals surface area contributed by atoms with Crippen molar-refractivity contribution in [2.45, 2.75) is 43.2 Å². The van der Waals surface area contributed by atoms with E-state index in [2.05, 4.69) is 10.6 Å². The number of benzene rings is 2. The molecule has 1 aliphatic rings. The molecule has 2 aromatic carbocycles. The van der Waals surface area contributed by atoms with Crippen LogP contribution in [0.15, 0.2) is 47.4 Å². The summed E-state index contributed by atoms with van der Waals surface area (Å²) in [5, 5.41) is 6.34. The van der Waals surface area contributed by atoms with Gasteiger partial charge in [0.15, 0.2) is 9.84 Å². The Morgan fingerprint density at radius 2 is 1.77 bits per heavy atom. The molecule has 0 bridgehead atoms. The predicted molar refractivity (Wildman–Crippen MR) is 118 cm³/mol. The lowest BCUT2D eigenvalue weighted by atomic mass is 9.85. The van der Waals surface area contributed by atoms with Crippen molar-refractivity contribution >= 4 is 15.7 Å². The summed E-state index contributed by atoms with van der Waals surface area (Å²) in [7, 11) is 0.287. The van der Waals surface area contributed by atoms with Crippen LogP contribution in [-0.4, -0.2) is 40.8 Å². The molecule has 1 aliphatic carbocycles. The number of ether oxygens (including phenoxy) is 1. The van der Waals surface area contributed by atoms with E-state index in [-0.39, 0.29) is 16.7 Å². The Balaban J connectivity index is 1.75. The molecule has 0 aliphatic heterocycles. The first-order valence-corrected chi connectivity index (χ1v) is 12.1. The van der Waals surface area contributed by atoms with Crippen LogP contribution in [0.5, 0.6) is 5.75 Å². The molecule has 0 aromatic heterocycles. The minimum absolute atomic E-state index is 0.0511. The average molecular weight is 431 g/mol. The van der Waals surface area contributed by atoms with Crippen LogP contribution < -0.4 is 15.4 Å². The fourth-order valence-electron chi connectivity index (χ4n) is 3.97. The van der Waals surface area contributed by atoms with E-state index in [1.165, 1.54) is 6.26 Å². The molecular formula is C23H30N2O4S. The van der Waals surface area contributed by atoms with E-state index in [1.54, 1.807) is 25.3 Å². The van der Waals surface area contributed by atoms with Gasteiger partial charge in [-0.15, -0.1) is 0 Å². The molecule has 0 unspecified atom stereocenters. The van der Waals surface area contributed by atoms with Crippen molar-refractivity contribution < 1.29 is 17.9 Å². The van der Waals surface area contributed by atoms with Gasteiger partial charge in [0.2, 0.25) is 5.91 Å². The maximum absolute atomic E-state index is 12.6. The van der Waals surface area contributed by atoms with Gasteiger partial charge in [0.1, 0.15) is 5.75 Å². The molecule has 3 rings (SSSR count). The highest BCUT2D eigenvalue weighted by molar-refractivity contribution is 7.90. The lowest BCUT2D eigenvalue weighted by molar-refractivity contribution is -0.126. The minimum atomic E-state index is -3.28. The van der Waals surface area contributed by atoms with E-state index in [1.807, 2.05) is 31.3 Å². The number of sulfone groups is 1. The van der Waals surface area contributed by atoms with Crippen LogP contribution in [0.2, 0.25) is 0 Å². The highest BCUT2D eigenvalue weighted by Crippen LogP contribution is 2.29. The molecule has 1 saturated carbocycles. The summed E-state index contributed by atoms with van der Waals surface area (Å²) < 4.78 is 29.2. The smallest absolute Gasteiger partial charge is 0.223 e. The first-order chi connectivity index (χ1) is 14.3. The Hall–Kier alpha value is -2.38. The number of methoxy groups -OCH3 is 1. The van der Waals surface area contributed by atoms with Crippen molar-refractivity contribution in [2.24, 2.45) is 5.92 Å². The number of nitrogens with one attached hydrogen (secondary N) is 2. The fraction of sp³-hybridized carbons (Fsp3) is 0.435. The second-order valence-electron chi connectivity index (χ2n) is 7.88. The Labute approximate surface area is 178 Å². The summed E-state index contributed by atoms with van der Waals surface area (Å²) in [6.45, 7) is 0.369.